The van der Waals surface area contributed by atoms with Crippen LogP contribution in [0.3, 0.4) is 0 Å². The predicted molar refractivity (Wildman–Crippen MR) is 72.0 cm³/mol. The second-order valence-corrected chi connectivity index (χ2v) is 6.79. The first kappa shape index (κ1) is 13.1. The van der Waals surface area contributed by atoms with Crippen LogP contribution in [-0.4, -0.2) is 36.1 Å². The standard InChI is InChI=1S/C13H13NO5S/c15-13(16)12-9-4-1-2-5-10(9)19-11(12)8-14-6-3-7-20(14,17)18/h1-2,4-5H,3,6-8H2,(H,15,16). The molecule has 1 saturated heterocycles. The molecule has 106 valence electrons. The SMILES string of the molecule is O=C(O)c1c(CN2CCCS2(=O)=O)oc2ccccc12. The number of fused-ring (bicyclic) bond motifs is 1. The molecule has 20 heavy (non-hydrogen) atoms. The Morgan fingerprint density at radius 1 is 1.35 bits per heavy atom. The number of carboxylic acid groups (broad SMARTS) is 1. The number of carbonyl (C=O) groups is 1. The van der Waals surface area contributed by atoms with Gasteiger partial charge in [0, 0.05) is 11.9 Å². The molecule has 0 atom stereocenters. The monoisotopic (exact) mass is 295 g/mol. The molecule has 2 heterocycles. The van der Waals surface area contributed by atoms with Crippen LogP contribution in [0.5, 0.6) is 0 Å². The number of furan rings is 1. The highest BCUT2D eigenvalue weighted by molar-refractivity contribution is 7.89. The fraction of sp³-hybridized carbons (Fsp3) is 0.308. The zero-order valence-electron chi connectivity index (χ0n) is 10.6. The Labute approximate surface area is 115 Å². The third-order valence-corrected chi connectivity index (χ3v) is 5.31. The lowest BCUT2D eigenvalue weighted by Crippen LogP contribution is -2.25. The molecule has 7 heteroatoms. The Kier molecular flexibility index (Phi) is 3.02. The van der Waals surface area contributed by atoms with Gasteiger partial charge in [-0.2, -0.15) is 4.31 Å². The summed E-state index contributed by atoms with van der Waals surface area (Å²) in [5.74, 6) is -0.818. The maximum atomic E-state index is 11.8. The van der Waals surface area contributed by atoms with Crippen LogP contribution in [0.1, 0.15) is 22.5 Å². The first-order valence-electron chi connectivity index (χ1n) is 6.20. The van der Waals surface area contributed by atoms with Crippen molar-refractivity contribution < 1.29 is 22.7 Å². The number of hydrogen-bond acceptors (Lipinski definition) is 4. The third kappa shape index (κ3) is 2.08. The highest BCUT2D eigenvalue weighted by Crippen LogP contribution is 2.28. The Morgan fingerprint density at radius 3 is 2.75 bits per heavy atom. The van der Waals surface area contributed by atoms with Crippen molar-refractivity contribution in [1.82, 2.24) is 4.31 Å². The molecule has 1 fully saturated rings. The Balaban J connectivity index is 2.07. The molecule has 1 aliphatic heterocycles. The van der Waals surface area contributed by atoms with Crippen LogP contribution in [0.15, 0.2) is 28.7 Å². The van der Waals surface area contributed by atoms with Crippen molar-refractivity contribution in [3.05, 3.63) is 35.6 Å². The van der Waals surface area contributed by atoms with Gasteiger partial charge in [-0.3, -0.25) is 0 Å². The van der Waals surface area contributed by atoms with Gasteiger partial charge in [0.15, 0.2) is 0 Å². The van der Waals surface area contributed by atoms with Crippen LogP contribution in [0, 0.1) is 0 Å². The summed E-state index contributed by atoms with van der Waals surface area (Å²) in [6.45, 7) is 0.372. The van der Waals surface area contributed by atoms with Gasteiger partial charge < -0.3 is 9.52 Å². The number of hydrogen-bond donors (Lipinski definition) is 1. The van der Waals surface area contributed by atoms with E-state index in [0.29, 0.717) is 23.9 Å². The van der Waals surface area contributed by atoms with Crippen LogP contribution in [0.4, 0.5) is 0 Å². The van der Waals surface area contributed by atoms with E-state index in [-0.39, 0.29) is 23.6 Å². The van der Waals surface area contributed by atoms with Crippen LogP contribution >= 0.6 is 0 Å². The van der Waals surface area contributed by atoms with Crippen molar-refractivity contribution in [3.8, 4) is 0 Å². The van der Waals surface area contributed by atoms with Gasteiger partial charge in [-0.1, -0.05) is 18.2 Å². The minimum Gasteiger partial charge on any atom is -0.478 e. The van der Waals surface area contributed by atoms with E-state index in [1.165, 1.54) is 4.31 Å². The van der Waals surface area contributed by atoms with Gasteiger partial charge in [0.25, 0.3) is 0 Å². The third-order valence-electron chi connectivity index (χ3n) is 3.41. The Morgan fingerprint density at radius 2 is 2.10 bits per heavy atom. The van der Waals surface area contributed by atoms with Crippen LogP contribution in [-0.2, 0) is 16.6 Å². The molecule has 1 aliphatic rings. The summed E-state index contributed by atoms with van der Waals surface area (Å²) < 4.78 is 30.4. The average Bonchev–Trinajstić information content (AvgIpc) is 2.90. The van der Waals surface area contributed by atoms with Gasteiger partial charge in [-0.05, 0) is 12.5 Å². The summed E-state index contributed by atoms with van der Waals surface area (Å²) in [5, 5.41) is 9.82. The fourth-order valence-corrected chi connectivity index (χ4v) is 3.94. The van der Waals surface area contributed by atoms with Gasteiger partial charge in [-0.25, -0.2) is 13.2 Å². The van der Waals surface area contributed by atoms with Crippen molar-refractivity contribution >= 4 is 27.0 Å². The zero-order chi connectivity index (χ0) is 14.3. The largest absolute Gasteiger partial charge is 0.478 e. The zero-order valence-corrected chi connectivity index (χ0v) is 11.4. The van der Waals surface area contributed by atoms with Crippen LogP contribution in [0.25, 0.3) is 11.0 Å². The summed E-state index contributed by atoms with van der Waals surface area (Å²) in [6, 6.07) is 6.79. The summed E-state index contributed by atoms with van der Waals surface area (Å²) in [4.78, 5) is 11.4. The molecule has 1 aromatic heterocycles. The van der Waals surface area contributed by atoms with Gasteiger partial charge in [0.2, 0.25) is 10.0 Å². The number of aromatic carboxylic acids is 1. The van der Waals surface area contributed by atoms with E-state index in [9.17, 15) is 18.3 Å². The quantitative estimate of drug-likeness (QED) is 0.930. The van der Waals surface area contributed by atoms with E-state index in [4.69, 9.17) is 4.42 Å². The van der Waals surface area contributed by atoms with Gasteiger partial charge in [0.05, 0.1) is 12.3 Å². The molecule has 0 saturated carbocycles. The van der Waals surface area contributed by atoms with E-state index in [1.807, 2.05) is 0 Å². The molecule has 0 aliphatic carbocycles. The molecule has 1 N–H and O–H groups in total. The number of sulfonamides is 1. The smallest absolute Gasteiger partial charge is 0.339 e. The van der Waals surface area contributed by atoms with Crippen molar-refractivity contribution in [3.63, 3.8) is 0 Å². The fourth-order valence-electron chi connectivity index (χ4n) is 2.47. The number of nitrogens with zero attached hydrogens (tertiary/aromatic N) is 1. The van der Waals surface area contributed by atoms with E-state index < -0.39 is 16.0 Å². The van der Waals surface area contributed by atoms with Gasteiger partial charge >= 0.3 is 5.97 Å². The summed E-state index contributed by atoms with van der Waals surface area (Å²) >= 11 is 0. The summed E-state index contributed by atoms with van der Waals surface area (Å²) in [6.07, 6.45) is 0.560. The molecule has 0 radical (unpaired) electrons. The highest BCUT2D eigenvalue weighted by Gasteiger charge is 2.31. The number of rotatable bonds is 3. The molecule has 6 nitrogen and oxygen atoms in total. The lowest BCUT2D eigenvalue weighted by atomic mass is 10.1. The first-order valence-corrected chi connectivity index (χ1v) is 7.81. The molecular formula is C13H13NO5S. The van der Waals surface area contributed by atoms with Crippen molar-refractivity contribution in [1.29, 1.82) is 0 Å². The number of benzene rings is 1. The van der Waals surface area contributed by atoms with Crippen molar-refractivity contribution in [2.75, 3.05) is 12.3 Å². The van der Waals surface area contributed by atoms with Crippen LogP contribution in [0.2, 0.25) is 0 Å². The molecule has 1 aromatic carbocycles. The maximum absolute atomic E-state index is 11.8. The Bertz CT molecular complexity index is 777. The Hall–Kier alpha value is -1.86. The molecule has 0 amide bonds. The molecule has 0 spiro atoms. The van der Waals surface area contributed by atoms with Gasteiger partial charge in [0.1, 0.15) is 16.9 Å². The first-order chi connectivity index (χ1) is 9.49. The van der Waals surface area contributed by atoms with E-state index in [1.54, 1.807) is 24.3 Å². The normalized spacial score (nSPS) is 18.6. The number of carboxylic acids is 1. The molecule has 3 rings (SSSR count). The van der Waals surface area contributed by atoms with Gasteiger partial charge in [-0.15, -0.1) is 0 Å². The van der Waals surface area contributed by atoms with Crippen molar-refractivity contribution in [2.24, 2.45) is 0 Å². The summed E-state index contributed by atoms with van der Waals surface area (Å²) in [7, 11) is -3.28. The molecule has 0 bridgehead atoms. The number of para-hydroxylation sites is 1. The van der Waals surface area contributed by atoms with Crippen molar-refractivity contribution in [2.45, 2.75) is 13.0 Å². The summed E-state index contributed by atoms with van der Waals surface area (Å²) in [5.41, 5.74) is 0.499. The minimum absolute atomic E-state index is 0.0291. The highest BCUT2D eigenvalue weighted by atomic mass is 32.2. The topological polar surface area (TPSA) is 87.8 Å². The minimum atomic E-state index is -3.28. The maximum Gasteiger partial charge on any atom is 0.339 e. The lowest BCUT2D eigenvalue weighted by molar-refractivity contribution is 0.0695. The van der Waals surface area contributed by atoms with E-state index >= 15 is 0 Å². The second-order valence-electron chi connectivity index (χ2n) is 4.70. The molecular weight excluding hydrogens is 282 g/mol. The second kappa shape index (κ2) is 4.60. The van der Waals surface area contributed by atoms with Crippen LogP contribution < -0.4 is 0 Å². The van der Waals surface area contributed by atoms with E-state index in [0.717, 1.165) is 0 Å². The average molecular weight is 295 g/mol. The molecule has 0 unspecified atom stereocenters. The lowest BCUT2D eigenvalue weighted by Gasteiger charge is -2.12. The predicted octanol–water partition coefficient (Wildman–Crippen LogP) is 1.67. The van der Waals surface area contributed by atoms with E-state index in [2.05, 4.69) is 0 Å². The molecule has 2 aromatic rings.